The molecule has 1 aromatic carbocycles. The Morgan fingerprint density at radius 2 is 1.71 bits per heavy atom. The lowest BCUT2D eigenvalue weighted by atomic mass is 9.85. The van der Waals surface area contributed by atoms with E-state index in [-0.39, 0.29) is 24.2 Å². The molecular formula is C20H21FN2O5. The van der Waals surface area contributed by atoms with Crippen LogP contribution in [-0.2, 0) is 30.5 Å². The SMILES string of the molecule is C[C@@H](C(=O)OCC(=O)NCc1ccc(F)cc1)N1C(=O)[C@@H]2CC=CC[C@H]2C1=O. The van der Waals surface area contributed by atoms with Gasteiger partial charge < -0.3 is 10.1 Å². The van der Waals surface area contributed by atoms with Gasteiger partial charge in [0.25, 0.3) is 5.91 Å². The molecule has 1 fully saturated rings. The zero-order valence-corrected chi connectivity index (χ0v) is 15.4. The topological polar surface area (TPSA) is 92.8 Å². The molecule has 8 heteroatoms. The van der Waals surface area contributed by atoms with Crippen molar-refractivity contribution in [1.29, 1.82) is 0 Å². The lowest BCUT2D eigenvalue weighted by Crippen LogP contribution is -2.45. The van der Waals surface area contributed by atoms with E-state index in [4.69, 9.17) is 4.74 Å². The second kappa shape index (κ2) is 8.33. The molecule has 1 N–H and O–H groups in total. The number of hydrogen-bond donors (Lipinski definition) is 1. The van der Waals surface area contributed by atoms with E-state index in [2.05, 4.69) is 5.32 Å². The largest absolute Gasteiger partial charge is 0.454 e. The highest BCUT2D eigenvalue weighted by atomic mass is 19.1. The molecule has 1 saturated heterocycles. The van der Waals surface area contributed by atoms with Crippen molar-refractivity contribution >= 4 is 23.7 Å². The van der Waals surface area contributed by atoms with Crippen LogP contribution in [0.4, 0.5) is 4.39 Å². The van der Waals surface area contributed by atoms with Crippen LogP contribution in [0, 0.1) is 17.7 Å². The number of imide groups is 1. The van der Waals surface area contributed by atoms with Crippen LogP contribution < -0.4 is 5.32 Å². The minimum Gasteiger partial charge on any atom is -0.454 e. The molecule has 1 aliphatic carbocycles. The van der Waals surface area contributed by atoms with Crippen molar-refractivity contribution in [1.82, 2.24) is 10.2 Å². The van der Waals surface area contributed by atoms with Gasteiger partial charge in [0, 0.05) is 6.54 Å². The number of carbonyl (C=O) groups excluding carboxylic acids is 4. The molecule has 3 atom stereocenters. The summed E-state index contributed by atoms with van der Waals surface area (Å²) in [7, 11) is 0. The second-order valence-corrected chi connectivity index (χ2v) is 6.89. The molecule has 28 heavy (non-hydrogen) atoms. The average Bonchev–Trinajstić information content (AvgIpc) is 2.96. The Hall–Kier alpha value is -3.03. The predicted molar refractivity (Wildman–Crippen MR) is 95.9 cm³/mol. The quantitative estimate of drug-likeness (QED) is 0.451. The minimum absolute atomic E-state index is 0.158. The molecule has 1 heterocycles. The van der Waals surface area contributed by atoms with E-state index in [1.807, 2.05) is 12.2 Å². The van der Waals surface area contributed by atoms with Gasteiger partial charge in [-0.2, -0.15) is 0 Å². The normalized spacial score (nSPS) is 22.0. The van der Waals surface area contributed by atoms with Crippen molar-refractivity contribution in [2.24, 2.45) is 11.8 Å². The summed E-state index contributed by atoms with van der Waals surface area (Å²) in [6, 6.07) is 4.53. The zero-order chi connectivity index (χ0) is 20.3. The molecule has 1 aliphatic heterocycles. The van der Waals surface area contributed by atoms with Gasteiger partial charge in [0.05, 0.1) is 11.8 Å². The molecular weight excluding hydrogens is 367 g/mol. The van der Waals surface area contributed by atoms with Gasteiger partial charge in [0.2, 0.25) is 11.8 Å². The number of nitrogens with zero attached hydrogens (tertiary/aromatic N) is 1. The Labute approximate surface area is 161 Å². The average molecular weight is 388 g/mol. The lowest BCUT2D eigenvalue weighted by molar-refractivity contribution is -0.159. The van der Waals surface area contributed by atoms with Crippen molar-refractivity contribution in [3.05, 3.63) is 47.8 Å². The van der Waals surface area contributed by atoms with Crippen molar-refractivity contribution in [3.63, 3.8) is 0 Å². The van der Waals surface area contributed by atoms with Crippen LogP contribution in [0.25, 0.3) is 0 Å². The third-order valence-corrected chi connectivity index (χ3v) is 5.02. The van der Waals surface area contributed by atoms with Gasteiger partial charge in [-0.05, 0) is 37.5 Å². The second-order valence-electron chi connectivity index (χ2n) is 6.89. The highest BCUT2D eigenvalue weighted by molar-refractivity contribution is 6.08. The van der Waals surface area contributed by atoms with Gasteiger partial charge in [-0.15, -0.1) is 0 Å². The predicted octanol–water partition coefficient (Wildman–Crippen LogP) is 1.32. The Bertz CT molecular complexity index is 794. The summed E-state index contributed by atoms with van der Waals surface area (Å²) in [5, 5.41) is 2.55. The first-order chi connectivity index (χ1) is 13.4. The lowest BCUT2D eigenvalue weighted by Gasteiger charge is -2.21. The number of esters is 1. The van der Waals surface area contributed by atoms with Crippen LogP contribution in [0.1, 0.15) is 25.3 Å². The number of carbonyl (C=O) groups is 4. The molecule has 3 rings (SSSR count). The van der Waals surface area contributed by atoms with Gasteiger partial charge in [-0.1, -0.05) is 24.3 Å². The highest BCUT2D eigenvalue weighted by Crippen LogP contribution is 2.36. The number of halogens is 1. The van der Waals surface area contributed by atoms with Gasteiger partial charge >= 0.3 is 5.97 Å². The summed E-state index contributed by atoms with van der Waals surface area (Å²) >= 11 is 0. The number of allylic oxidation sites excluding steroid dienone is 2. The number of amides is 3. The van der Waals surface area contributed by atoms with Crippen LogP contribution in [0.15, 0.2) is 36.4 Å². The van der Waals surface area contributed by atoms with Crippen LogP contribution in [0.2, 0.25) is 0 Å². The molecule has 1 aromatic rings. The third-order valence-electron chi connectivity index (χ3n) is 5.02. The zero-order valence-electron chi connectivity index (χ0n) is 15.4. The van der Waals surface area contributed by atoms with Crippen molar-refractivity contribution in [3.8, 4) is 0 Å². The summed E-state index contributed by atoms with van der Waals surface area (Å²) in [6.07, 6.45) is 4.70. The van der Waals surface area contributed by atoms with Gasteiger partial charge in [-0.25, -0.2) is 9.18 Å². The Balaban J connectivity index is 1.49. The molecule has 0 bridgehead atoms. The summed E-state index contributed by atoms with van der Waals surface area (Å²) in [5.74, 6) is -3.32. The summed E-state index contributed by atoms with van der Waals surface area (Å²) < 4.78 is 17.8. The molecule has 0 spiro atoms. The van der Waals surface area contributed by atoms with E-state index in [9.17, 15) is 23.6 Å². The number of benzene rings is 1. The maximum Gasteiger partial charge on any atom is 0.329 e. The van der Waals surface area contributed by atoms with E-state index >= 15 is 0 Å². The number of fused-ring (bicyclic) bond motifs is 1. The Morgan fingerprint density at radius 3 is 2.29 bits per heavy atom. The van der Waals surface area contributed by atoms with Crippen LogP contribution >= 0.6 is 0 Å². The summed E-state index contributed by atoms with van der Waals surface area (Å²) in [4.78, 5) is 50.0. The number of nitrogens with one attached hydrogen (secondary N) is 1. The molecule has 2 aliphatic rings. The maximum atomic E-state index is 12.9. The van der Waals surface area contributed by atoms with Crippen molar-refractivity contribution in [2.45, 2.75) is 32.4 Å². The molecule has 0 aromatic heterocycles. The van der Waals surface area contributed by atoms with E-state index in [1.54, 1.807) is 0 Å². The summed E-state index contributed by atoms with van der Waals surface area (Å²) in [5.41, 5.74) is 0.693. The molecule has 0 saturated carbocycles. The molecule has 0 radical (unpaired) electrons. The number of likely N-dealkylation sites (tertiary alicyclic amines) is 1. The fourth-order valence-electron chi connectivity index (χ4n) is 3.42. The van der Waals surface area contributed by atoms with Crippen molar-refractivity contribution in [2.75, 3.05) is 6.61 Å². The maximum absolute atomic E-state index is 12.9. The van der Waals surface area contributed by atoms with E-state index in [1.165, 1.54) is 31.2 Å². The molecule has 0 unspecified atom stereocenters. The van der Waals surface area contributed by atoms with Crippen LogP contribution in [-0.4, -0.2) is 41.2 Å². The third kappa shape index (κ3) is 4.11. The fraction of sp³-hybridized carbons (Fsp3) is 0.400. The fourth-order valence-corrected chi connectivity index (χ4v) is 3.42. The van der Waals surface area contributed by atoms with E-state index in [0.29, 0.717) is 18.4 Å². The molecule has 148 valence electrons. The van der Waals surface area contributed by atoms with Crippen LogP contribution in [0.5, 0.6) is 0 Å². The highest BCUT2D eigenvalue weighted by Gasteiger charge is 2.50. The monoisotopic (exact) mass is 388 g/mol. The number of hydrogen-bond acceptors (Lipinski definition) is 5. The van der Waals surface area contributed by atoms with Crippen molar-refractivity contribution < 1.29 is 28.3 Å². The first-order valence-corrected chi connectivity index (χ1v) is 9.08. The minimum atomic E-state index is -1.09. The molecule has 7 nitrogen and oxygen atoms in total. The standard InChI is InChI=1S/C20H21FN2O5/c1-12(23-18(25)15-4-2-3-5-16(15)19(23)26)20(27)28-11-17(24)22-10-13-6-8-14(21)9-7-13/h2-3,6-9,12,15-16H,4-5,10-11H2,1H3,(H,22,24)/t12-,15+,16+/m0/s1. The Morgan fingerprint density at radius 1 is 1.14 bits per heavy atom. The number of ether oxygens (including phenoxy) is 1. The van der Waals surface area contributed by atoms with Gasteiger partial charge in [0.1, 0.15) is 11.9 Å². The number of rotatable bonds is 6. The molecule has 3 amide bonds. The Kier molecular flexibility index (Phi) is 5.87. The first kappa shape index (κ1) is 19.7. The van der Waals surface area contributed by atoms with Crippen LogP contribution in [0.3, 0.4) is 0 Å². The first-order valence-electron chi connectivity index (χ1n) is 9.08. The van der Waals surface area contributed by atoms with E-state index in [0.717, 1.165) is 4.90 Å². The smallest absolute Gasteiger partial charge is 0.329 e. The summed E-state index contributed by atoms with van der Waals surface area (Å²) in [6.45, 7) is 1.04. The van der Waals surface area contributed by atoms with Gasteiger partial charge in [-0.3, -0.25) is 19.3 Å². The van der Waals surface area contributed by atoms with Gasteiger partial charge in [0.15, 0.2) is 6.61 Å². The van der Waals surface area contributed by atoms with E-state index < -0.39 is 36.4 Å².